The van der Waals surface area contributed by atoms with Gasteiger partial charge in [0.1, 0.15) is 23.5 Å². The number of nitrogens with one attached hydrogen (secondary N) is 1. The zero-order valence-electron chi connectivity index (χ0n) is 27.3. The van der Waals surface area contributed by atoms with Gasteiger partial charge in [0.05, 0.1) is 28.5 Å². The highest BCUT2D eigenvalue weighted by atomic mass is 35.5. The number of fused-ring (bicyclic) bond motifs is 2. The zero-order chi connectivity index (χ0) is 34.5. The molecule has 0 fully saturated rings. The summed E-state index contributed by atoms with van der Waals surface area (Å²) in [6.45, 7) is 9.55. The van der Waals surface area contributed by atoms with Gasteiger partial charge in [0.25, 0.3) is 5.91 Å². The number of carbonyl (C=O) groups excluding carboxylic acids is 3. The summed E-state index contributed by atoms with van der Waals surface area (Å²) in [5.74, 6) is 0.0495. The van der Waals surface area contributed by atoms with Gasteiger partial charge in [-0.2, -0.15) is 5.26 Å². The number of imidazole rings is 1. The summed E-state index contributed by atoms with van der Waals surface area (Å²) in [6.07, 6.45) is 0.764. The van der Waals surface area contributed by atoms with E-state index in [-0.39, 0.29) is 24.0 Å². The lowest BCUT2D eigenvalue weighted by atomic mass is 9.96. The number of ether oxygens (including phenoxy) is 1. The second kappa shape index (κ2) is 12.3. The summed E-state index contributed by atoms with van der Waals surface area (Å²) in [5.41, 5.74) is 5.49. The van der Waals surface area contributed by atoms with Crippen molar-refractivity contribution in [3.05, 3.63) is 87.5 Å². The van der Waals surface area contributed by atoms with Crippen molar-refractivity contribution in [2.75, 3.05) is 5.32 Å². The Hall–Kier alpha value is -5.47. The van der Waals surface area contributed by atoms with Crippen LogP contribution < -0.4 is 5.32 Å². The molecule has 5 aromatic rings. The van der Waals surface area contributed by atoms with Gasteiger partial charge in [-0.3, -0.25) is 14.5 Å². The Morgan fingerprint density at radius 2 is 1.83 bits per heavy atom. The van der Waals surface area contributed by atoms with Crippen LogP contribution in [0.25, 0.3) is 33.7 Å². The molecule has 3 heterocycles. The molecule has 0 saturated heterocycles. The van der Waals surface area contributed by atoms with E-state index < -0.39 is 17.6 Å². The molecule has 244 valence electrons. The third-order valence-electron chi connectivity index (χ3n) is 8.34. The van der Waals surface area contributed by atoms with E-state index in [0.717, 1.165) is 16.8 Å². The van der Waals surface area contributed by atoms with E-state index >= 15 is 0 Å². The van der Waals surface area contributed by atoms with Crippen LogP contribution in [0.3, 0.4) is 0 Å². The SMILES string of the molecule is Cc1c(-c2nc3cc(C=O)cc(C#N)c3o2)cccc1-c1cccc(NC(=O)c2nc3c(n2C)CC(C)N(C(=O)OC(C)(C)C)C3)c1Cl. The van der Waals surface area contributed by atoms with Gasteiger partial charge in [-0.15, -0.1) is 0 Å². The van der Waals surface area contributed by atoms with Crippen LogP contribution in [-0.4, -0.2) is 49.4 Å². The molecule has 1 aliphatic rings. The fourth-order valence-electron chi connectivity index (χ4n) is 5.94. The van der Waals surface area contributed by atoms with Crippen molar-refractivity contribution in [2.45, 2.75) is 59.2 Å². The molecule has 1 aliphatic heterocycles. The van der Waals surface area contributed by atoms with Gasteiger partial charge >= 0.3 is 6.09 Å². The average molecular weight is 665 g/mol. The number of benzene rings is 3. The quantitative estimate of drug-likeness (QED) is 0.191. The molecule has 12 heteroatoms. The molecule has 11 nitrogen and oxygen atoms in total. The minimum atomic E-state index is -0.630. The summed E-state index contributed by atoms with van der Waals surface area (Å²) in [4.78, 5) is 48.7. The van der Waals surface area contributed by atoms with Crippen LogP contribution in [0.4, 0.5) is 10.5 Å². The van der Waals surface area contributed by atoms with Crippen molar-refractivity contribution in [3.8, 4) is 28.7 Å². The van der Waals surface area contributed by atoms with Crippen LogP contribution in [-0.2, 0) is 24.8 Å². The fraction of sp³-hybridized carbons (Fsp3) is 0.278. The molecule has 2 amide bonds. The van der Waals surface area contributed by atoms with E-state index in [1.807, 2.05) is 58.9 Å². The molecule has 2 aromatic heterocycles. The number of rotatable bonds is 5. The van der Waals surface area contributed by atoms with Crippen LogP contribution in [0, 0.1) is 18.3 Å². The van der Waals surface area contributed by atoms with E-state index in [4.69, 9.17) is 20.8 Å². The van der Waals surface area contributed by atoms with Crippen molar-refractivity contribution < 1.29 is 23.5 Å². The Balaban J connectivity index is 1.28. The van der Waals surface area contributed by atoms with Gasteiger partial charge in [-0.1, -0.05) is 35.9 Å². The van der Waals surface area contributed by atoms with E-state index in [2.05, 4.69) is 21.4 Å². The van der Waals surface area contributed by atoms with Crippen molar-refractivity contribution in [1.29, 1.82) is 5.26 Å². The predicted molar refractivity (Wildman–Crippen MR) is 181 cm³/mol. The Morgan fingerprint density at radius 1 is 1.12 bits per heavy atom. The predicted octanol–water partition coefficient (Wildman–Crippen LogP) is 7.48. The number of anilines is 1. The number of nitriles is 1. The molecular weight excluding hydrogens is 632 g/mol. The lowest BCUT2D eigenvalue weighted by Crippen LogP contribution is -2.45. The Bertz CT molecular complexity index is 2170. The Labute approximate surface area is 282 Å². The first-order valence-corrected chi connectivity index (χ1v) is 15.7. The first kappa shape index (κ1) is 32.5. The number of halogens is 1. The van der Waals surface area contributed by atoms with E-state index in [1.54, 1.807) is 34.7 Å². The highest BCUT2D eigenvalue weighted by molar-refractivity contribution is 6.36. The number of aldehydes is 1. The topological polar surface area (TPSA) is 143 Å². The average Bonchev–Trinajstić information content (AvgIpc) is 3.61. The lowest BCUT2D eigenvalue weighted by molar-refractivity contribution is 0.0133. The first-order chi connectivity index (χ1) is 22.8. The molecule has 0 saturated carbocycles. The van der Waals surface area contributed by atoms with E-state index in [1.165, 1.54) is 6.07 Å². The molecule has 1 atom stereocenters. The number of amides is 2. The third kappa shape index (κ3) is 5.91. The normalized spacial score (nSPS) is 14.4. The molecule has 48 heavy (non-hydrogen) atoms. The number of hydrogen-bond donors (Lipinski definition) is 1. The van der Waals surface area contributed by atoms with Gasteiger partial charge in [-0.05, 0) is 70.0 Å². The summed E-state index contributed by atoms with van der Waals surface area (Å²) in [5, 5.41) is 12.8. The number of nitrogens with zero attached hydrogens (tertiary/aromatic N) is 5. The Kier molecular flexibility index (Phi) is 8.31. The van der Waals surface area contributed by atoms with Crippen LogP contribution in [0.15, 0.2) is 52.9 Å². The zero-order valence-corrected chi connectivity index (χ0v) is 28.1. The standard InChI is InChI=1S/C36H33ClN6O5/c1-19-13-29-28(17-43(19)35(46)48-36(3,4)5)39-32(42(29)6)33(45)40-26-12-8-11-25(30(26)37)23-9-7-10-24(20(23)2)34-41-27-15-21(18-44)14-22(16-38)31(27)47-34/h7-12,14-15,18-19H,13,17H2,1-6H3,(H,40,45). The molecule has 0 spiro atoms. The number of carbonyl (C=O) groups is 3. The van der Waals surface area contributed by atoms with Gasteiger partial charge in [0.15, 0.2) is 11.4 Å². The number of aromatic nitrogens is 3. The number of oxazole rings is 1. The van der Waals surface area contributed by atoms with Gasteiger partial charge in [0.2, 0.25) is 5.89 Å². The van der Waals surface area contributed by atoms with Crippen LogP contribution in [0.5, 0.6) is 0 Å². The third-order valence-corrected chi connectivity index (χ3v) is 8.75. The van der Waals surface area contributed by atoms with Crippen molar-refractivity contribution in [3.63, 3.8) is 0 Å². The monoisotopic (exact) mass is 664 g/mol. The maximum Gasteiger partial charge on any atom is 0.410 e. The highest BCUT2D eigenvalue weighted by Crippen LogP contribution is 2.39. The van der Waals surface area contributed by atoms with Crippen molar-refractivity contribution >= 4 is 46.7 Å². The molecule has 0 radical (unpaired) electrons. The molecule has 0 bridgehead atoms. The molecule has 3 aromatic carbocycles. The summed E-state index contributed by atoms with van der Waals surface area (Å²) in [6, 6.07) is 15.9. The van der Waals surface area contributed by atoms with Crippen LogP contribution >= 0.6 is 11.6 Å². The minimum Gasteiger partial charge on any atom is -0.444 e. The molecule has 0 aliphatic carbocycles. The molecule has 6 rings (SSSR count). The van der Waals surface area contributed by atoms with E-state index in [0.29, 0.717) is 62.8 Å². The van der Waals surface area contributed by atoms with E-state index in [9.17, 15) is 19.6 Å². The first-order valence-electron chi connectivity index (χ1n) is 15.3. The number of hydrogen-bond acceptors (Lipinski definition) is 8. The van der Waals surface area contributed by atoms with Crippen LogP contribution in [0.2, 0.25) is 5.02 Å². The van der Waals surface area contributed by atoms with Gasteiger partial charge < -0.3 is 19.0 Å². The largest absolute Gasteiger partial charge is 0.444 e. The minimum absolute atomic E-state index is 0.138. The second-order valence-electron chi connectivity index (χ2n) is 12.8. The highest BCUT2D eigenvalue weighted by Gasteiger charge is 2.34. The van der Waals surface area contributed by atoms with Crippen molar-refractivity contribution in [2.24, 2.45) is 7.05 Å². The summed E-state index contributed by atoms with van der Waals surface area (Å²) < 4.78 is 13.4. The summed E-state index contributed by atoms with van der Waals surface area (Å²) in [7, 11) is 1.79. The second-order valence-corrected chi connectivity index (χ2v) is 13.2. The maximum atomic E-state index is 13.6. The van der Waals surface area contributed by atoms with Crippen molar-refractivity contribution in [1.82, 2.24) is 19.4 Å². The fourth-order valence-corrected chi connectivity index (χ4v) is 6.22. The smallest absolute Gasteiger partial charge is 0.410 e. The molecule has 1 unspecified atom stereocenters. The lowest BCUT2D eigenvalue weighted by Gasteiger charge is -2.34. The van der Waals surface area contributed by atoms with Gasteiger partial charge in [0, 0.05) is 41.9 Å². The van der Waals surface area contributed by atoms with Gasteiger partial charge in [-0.25, -0.2) is 14.8 Å². The molecular formula is C36H33ClN6O5. The summed E-state index contributed by atoms with van der Waals surface area (Å²) >= 11 is 6.94. The Morgan fingerprint density at radius 3 is 2.54 bits per heavy atom. The molecule has 1 N–H and O–H groups in total. The van der Waals surface area contributed by atoms with Crippen LogP contribution in [0.1, 0.15) is 71.2 Å². The maximum absolute atomic E-state index is 13.6.